The first-order valence-electron chi connectivity index (χ1n) is 9.55. The lowest BCUT2D eigenvalue weighted by atomic mass is 9.93. The van der Waals surface area contributed by atoms with Crippen LogP contribution < -0.4 is 5.32 Å². The maximum Gasteiger partial charge on any atom is 0.324 e. The smallest absolute Gasteiger partial charge is 0.324 e. The Balaban J connectivity index is 1.77. The van der Waals surface area contributed by atoms with Crippen LogP contribution in [0.1, 0.15) is 74.6 Å². The highest BCUT2D eigenvalue weighted by Crippen LogP contribution is 2.25. The summed E-state index contributed by atoms with van der Waals surface area (Å²) in [6.45, 7) is 0. The fourth-order valence-corrected chi connectivity index (χ4v) is 3.99. The van der Waals surface area contributed by atoms with Crippen LogP contribution in [0.2, 0.25) is 0 Å². The van der Waals surface area contributed by atoms with Crippen molar-refractivity contribution in [2.45, 2.75) is 76.3 Å². The maximum atomic E-state index is 13.2. The minimum Gasteiger partial charge on any atom is -0.335 e. The molecule has 5 heteroatoms. The number of rotatable bonds is 3. The van der Waals surface area contributed by atoms with Crippen molar-refractivity contribution in [1.29, 1.82) is 0 Å². The van der Waals surface area contributed by atoms with Crippen molar-refractivity contribution in [3.8, 4) is 0 Å². The molecule has 1 N–H and O–H groups in total. The van der Waals surface area contributed by atoms with Gasteiger partial charge in [-0.2, -0.15) is 0 Å². The summed E-state index contributed by atoms with van der Waals surface area (Å²) in [5, 5.41) is 3.07. The Bertz CT molecular complexity index is 590. The van der Waals surface area contributed by atoms with Crippen molar-refractivity contribution < 1.29 is 14.0 Å². The monoisotopic (exact) mass is 346 g/mol. The Morgan fingerprint density at radius 2 is 1.44 bits per heavy atom. The number of carbonyl (C=O) groups excluding carboxylic acids is 2. The van der Waals surface area contributed by atoms with E-state index in [2.05, 4.69) is 5.32 Å². The second-order valence-electron chi connectivity index (χ2n) is 7.26. The molecule has 2 aliphatic carbocycles. The SMILES string of the molecule is O=C(NC1CCCCC1)N(C(=O)c1ccc(F)cc1)C1CCCCC1. The average Bonchev–Trinajstić information content (AvgIpc) is 2.64. The van der Waals surface area contributed by atoms with Gasteiger partial charge in [0, 0.05) is 17.6 Å². The summed E-state index contributed by atoms with van der Waals surface area (Å²) in [5.41, 5.74) is 0.366. The lowest BCUT2D eigenvalue weighted by molar-refractivity contribution is 0.0701. The van der Waals surface area contributed by atoms with Gasteiger partial charge in [0.1, 0.15) is 5.82 Å². The molecule has 2 fully saturated rings. The number of carbonyl (C=O) groups is 2. The third-order valence-electron chi connectivity index (χ3n) is 5.40. The number of imide groups is 1. The van der Waals surface area contributed by atoms with E-state index in [1.807, 2.05) is 0 Å². The fourth-order valence-electron chi connectivity index (χ4n) is 3.99. The summed E-state index contributed by atoms with van der Waals surface area (Å²) in [6, 6.07) is 5.27. The van der Waals surface area contributed by atoms with Gasteiger partial charge in [-0.15, -0.1) is 0 Å². The van der Waals surface area contributed by atoms with Crippen LogP contribution >= 0.6 is 0 Å². The highest BCUT2D eigenvalue weighted by atomic mass is 19.1. The molecule has 0 atom stereocenters. The Labute approximate surface area is 148 Å². The van der Waals surface area contributed by atoms with Crippen LogP contribution in [0.4, 0.5) is 9.18 Å². The molecule has 0 heterocycles. The van der Waals surface area contributed by atoms with E-state index in [1.54, 1.807) is 0 Å². The zero-order valence-corrected chi connectivity index (χ0v) is 14.7. The predicted molar refractivity (Wildman–Crippen MR) is 94.8 cm³/mol. The van der Waals surface area contributed by atoms with Crippen LogP contribution in [-0.4, -0.2) is 28.9 Å². The van der Waals surface area contributed by atoms with Gasteiger partial charge in [0.25, 0.3) is 5.91 Å². The molecule has 0 unspecified atom stereocenters. The number of hydrogen-bond donors (Lipinski definition) is 1. The van der Waals surface area contributed by atoms with Gasteiger partial charge in [0.15, 0.2) is 0 Å². The number of hydrogen-bond acceptors (Lipinski definition) is 2. The van der Waals surface area contributed by atoms with Crippen LogP contribution in [0.25, 0.3) is 0 Å². The van der Waals surface area contributed by atoms with Crippen LogP contribution in [0, 0.1) is 5.82 Å². The first-order valence-corrected chi connectivity index (χ1v) is 9.55. The molecule has 1 aromatic carbocycles. The van der Waals surface area contributed by atoms with E-state index in [1.165, 1.54) is 35.6 Å². The number of halogens is 1. The van der Waals surface area contributed by atoms with E-state index < -0.39 is 0 Å². The first-order chi connectivity index (χ1) is 12.1. The van der Waals surface area contributed by atoms with Gasteiger partial charge in [-0.25, -0.2) is 9.18 Å². The van der Waals surface area contributed by atoms with Crippen molar-refractivity contribution in [2.75, 3.05) is 0 Å². The summed E-state index contributed by atoms with van der Waals surface area (Å²) in [6.07, 6.45) is 10.4. The summed E-state index contributed by atoms with van der Waals surface area (Å²) in [7, 11) is 0. The quantitative estimate of drug-likeness (QED) is 0.866. The Morgan fingerprint density at radius 3 is 2.04 bits per heavy atom. The molecule has 0 radical (unpaired) electrons. The molecule has 4 nitrogen and oxygen atoms in total. The molecule has 0 bridgehead atoms. The van der Waals surface area contributed by atoms with Crippen molar-refractivity contribution >= 4 is 11.9 Å². The molecule has 2 saturated carbocycles. The Morgan fingerprint density at radius 1 is 0.880 bits per heavy atom. The topological polar surface area (TPSA) is 49.4 Å². The molecular weight excluding hydrogens is 319 g/mol. The van der Waals surface area contributed by atoms with Crippen molar-refractivity contribution in [1.82, 2.24) is 10.2 Å². The van der Waals surface area contributed by atoms with Crippen molar-refractivity contribution in [3.63, 3.8) is 0 Å². The van der Waals surface area contributed by atoms with Crippen LogP contribution in [-0.2, 0) is 0 Å². The zero-order chi connectivity index (χ0) is 17.6. The van der Waals surface area contributed by atoms with E-state index in [0.29, 0.717) is 5.56 Å². The Hall–Kier alpha value is -1.91. The number of benzene rings is 1. The first kappa shape index (κ1) is 17.9. The van der Waals surface area contributed by atoms with Crippen LogP contribution in [0.3, 0.4) is 0 Å². The van der Waals surface area contributed by atoms with Crippen LogP contribution in [0.5, 0.6) is 0 Å². The molecule has 0 aromatic heterocycles. The number of urea groups is 1. The number of amides is 3. The molecule has 0 spiro atoms. The molecular formula is C20H27FN2O2. The third kappa shape index (κ3) is 4.59. The van der Waals surface area contributed by atoms with E-state index in [0.717, 1.165) is 57.8 Å². The lowest BCUT2D eigenvalue weighted by Gasteiger charge is -2.34. The van der Waals surface area contributed by atoms with E-state index in [9.17, 15) is 14.0 Å². The summed E-state index contributed by atoms with van der Waals surface area (Å²) in [4.78, 5) is 27.3. The molecule has 25 heavy (non-hydrogen) atoms. The van der Waals surface area contributed by atoms with Crippen molar-refractivity contribution in [2.24, 2.45) is 0 Å². The largest absolute Gasteiger partial charge is 0.335 e. The van der Waals surface area contributed by atoms with Gasteiger partial charge in [0.05, 0.1) is 0 Å². The van der Waals surface area contributed by atoms with Gasteiger partial charge in [0.2, 0.25) is 0 Å². The zero-order valence-electron chi connectivity index (χ0n) is 14.7. The van der Waals surface area contributed by atoms with Crippen LogP contribution in [0.15, 0.2) is 24.3 Å². The summed E-state index contributed by atoms with van der Waals surface area (Å²) in [5.74, 6) is -0.701. The fraction of sp³-hybridized carbons (Fsp3) is 0.600. The Kier molecular flexibility index (Phi) is 6.05. The molecule has 1 aromatic rings. The number of nitrogens with zero attached hydrogens (tertiary/aromatic N) is 1. The van der Waals surface area contributed by atoms with Crippen molar-refractivity contribution in [3.05, 3.63) is 35.6 Å². The van der Waals surface area contributed by atoms with Gasteiger partial charge in [-0.3, -0.25) is 9.69 Å². The van der Waals surface area contributed by atoms with Gasteiger partial charge in [-0.1, -0.05) is 38.5 Å². The van der Waals surface area contributed by atoms with E-state index in [-0.39, 0.29) is 29.8 Å². The minimum absolute atomic E-state index is 0.0603. The lowest BCUT2D eigenvalue weighted by Crippen LogP contribution is -2.52. The van der Waals surface area contributed by atoms with Gasteiger partial charge >= 0.3 is 6.03 Å². The molecule has 3 rings (SSSR count). The second kappa shape index (κ2) is 8.45. The maximum absolute atomic E-state index is 13.2. The summed E-state index contributed by atoms with van der Waals surface area (Å²) >= 11 is 0. The van der Waals surface area contributed by atoms with E-state index >= 15 is 0 Å². The molecule has 0 saturated heterocycles. The molecule has 3 amide bonds. The van der Waals surface area contributed by atoms with Gasteiger partial charge in [-0.05, 0) is 49.9 Å². The molecule has 2 aliphatic rings. The van der Waals surface area contributed by atoms with E-state index in [4.69, 9.17) is 0 Å². The van der Waals surface area contributed by atoms with Gasteiger partial charge < -0.3 is 5.32 Å². The molecule has 136 valence electrons. The standard InChI is InChI=1S/C20H27FN2O2/c21-16-13-11-15(12-14-16)19(24)23(18-9-5-2-6-10-18)20(25)22-17-7-3-1-4-8-17/h11-14,17-18H,1-10H2,(H,22,25). The minimum atomic E-state index is -0.382. The normalized spacial score (nSPS) is 19.4. The predicted octanol–water partition coefficient (Wildman–Crippen LogP) is 4.64. The summed E-state index contributed by atoms with van der Waals surface area (Å²) < 4.78 is 13.2. The molecule has 0 aliphatic heterocycles. The highest BCUT2D eigenvalue weighted by molar-refractivity contribution is 6.04. The highest BCUT2D eigenvalue weighted by Gasteiger charge is 2.32. The second-order valence-corrected chi connectivity index (χ2v) is 7.26. The number of nitrogens with one attached hydrogen (secondary N) is 1. The third-order valence-corrected chi connectivity index (χ3v) is 5.40. The average molecular weight is 346 g/mol.